The van der Waals surface area contributed by atoms with Crippen LogP contribution in [0.3, 0.4) is 0 Å². The predicted octanol–water partition coefficient (Wildman–Crippen LogP) is 2.86. The molecule has 2 heterocycles. The van der Waals surface area contributed by atoms with Crippen molar-refractivity contribution in [1.82, 2.24) is 20.2 Å². The molecule has 0 unspecified atom stereocenters. The van der Waals surface area contributed by atoms with Crippen molar-refractivity contribution in [2.24, 2.45) is 0 Å². The maximum absolute atomic E-state index is 13.2. The zero-order valence-corrected chi connectivity index (χ0v) is 11.0. The lowest BCUT2D eigenvalue weighted by Crippen LogP contribution is -2.03. The third-order valence-electron chi connectivity index (χ3n) is 2.72. The van der Waals surface area contributed by atoms with Crippen molar-refractivity contribution >= 4 is 17.0 Å². The molecule has 8 heteroatoms. The number of hydrogen-bond donors (Lipinski definition) is 2. The third-order valence-corrected chi connectivity index (χ3v) is 2.72. The summed E-state index contributed by atoms with van der Waals surface area (Å²) >= 11 is 0. The number of benzene rings is 1. The van der Waals surface area contributed by atoms with Gasteiger partial charge in [0.15, 0.2) is 17.3 Å². The number of rotatable bonds is 4. The van der Waals surface area contributed by atoms with E-state index in [2.05, 4.69) is 25.5 Å². The highest BCUT2D eigenvalue weighted by Gasteiger charge is 2.12. The molecule has 0 aliphatic heterocycles. The quantitative estimate of drug-likeness (QED) is 0.773. The van der Waals surface area contributed by atoms with Crippen molar-refractivity contribution in [3.8, 4) is 11.6 Å². The number of nitrogens with zero attached hydrogens (tertiary/aromatic N) is 3. The van der Waals surface area contributed by atoms with Crippen LogP contribution < -0.4 is 10.1 Å². The summed E-state index contributed by atoms with van der Waals surface area (Å²) in [6.07, 6.45) is 1.50. The number of halogens is 2. The summed E-state index contributed by atoms with van der Waals surface area (Å²) in [4.78, 5) is 8.39. The van der Waals surface area contributed by atoms with E-state index in [1.165, 1.54) is 12.3 Å². The van der Waals surface area contributed by atoms with E-state index in [1.807, 2.05) is 6.92 Å². The highest BCUT2D eigenvalue weighted by atomic mass is 19.2. The van der Waals surface area contributed by atoms with Crippen LogP contribution in [0.4, 0.5) is 14.7 Å². The van der Waals surface area contributed by atoms with Crippen LogP contribution in [-0.4, -0.2) is 26.7 Å². The summed E-state index contributed by atoms with van der Waals surface area (Å²) in [7, 11) is 0. The average molecular weight is 291 g/mol. The third kappa shape index (κ3) is 2.60. The maximum Gasteiger partial charge on any atom is 0.235 e. The van der Waals surface area contributed by atoms with Crippen molar-refractivity contribution in [1.29, 1.82) is 0 Å². The fourth-order valence-corrected chi connectivity index (χ4v) is 1.78. The van der Waals surface area contributed by atoms with Gasteiger partial charge in [0.05, 0.1) is 6.20 Å². The molecule has 3 aromatic rings. The molecule has 0 spiro atoms. The van der Waals surface area contributed by atoms with Gasteiger partial charge in [0, 0.05) is 12.6 Å². The number of nitrogens with one attached hydrogen (secondary N) is 2. The van der Waals surface area contributed by atoms with Gasteiger partial charge in [-0.05, 0) is 19.1 Å². The molecule has 0 saturated carbocycles. The van der Waals surface area contributed by atoms with E-state index in [-0.39, 0.29) is 11.6 Å². The summed E-state index contributed by atoms with van der Waals surface area (Å²) in [6, 6.07) is 3.26. The summed E-state index contributed by atoms with van der Waals surface area (Å²) in [5.74, 6) is -1.23. The SMILES string of the molecule is CCNc1nc(Oc2ccc(F)c(F)c2)c2cn[nH]c2n1. The molecule has 2 N–H and O–H groups in total. The fourth-order valence-electron chi connectivity index (χ4n) is 1.78. The first kappa shape index (κ1) is 13.2. The number of aromatic nitrogens is 4. The number of anilines is 1. The van der Waals surface area contributed by atoms with Gasteiger partial charge in [-0.15, -0.1) is 0 Å². The number of H-pyrrole nitrogens is 1. The van der Waals surface area contributed by atoms with Gasteiger partial charge in [0.25, 0.3) is 0 Å². The maximum atomic E-state index is 13.2. The molecule has 21 heavy (non-hydrogen) atoms. The van der Waals surface area contributed by atoms with Crippen molar-refractivity contribution in [2.45, 2.75) is 6.92 Å². The van der Waals surface area contributed by atoms with Crippen molar-refractivity contribution in [2.75, 3.05) is 11.9 Å². The van der Waals surface area contributed by atoms with Crippen LogP contribution in [0.15, 0.2) is 24.4 Å². The lowest BCUT2D eigenvalue weighted by molar-refractivity contribution is 0.452. The molecule has 0 aliphatic rings. The van der Waals surface area contributed by atoms with E-state index < -0.39 is 11.6 Å². The standard InChI is InChI=1S/C13H11F2N5O/c1-2-16-13-18-11-8(6-17-20-11)12(19-13)21-7-3-4-9(14)10(15)5-7/h3-6H,2H2,1H3,(H2,16,17,18,19,20). The Hall–Kier alpha value is -2.77. The number of ether oxygens (including phenoxy) is 1. The number of aromatic amines is 1. The summed E-state index contributed by atoms with van der Waals surface area (Å²) in [5, 5.41) is 10.1. The van der Waals surface area contributed by atoms with Crippen molar-refractivity contribution in [3.63, 3.8) is 0 Å². The van der Waals surface area contributed by atoms with Crippen molar-refractivity contribution in [3.05, 3.63) is 36.0 Å². The molecule has 3 rings (SSSR count). The molecular formula is C13H11F2N5O. The van der Waals surface area contributed by atoms with Crippen LogP contribution in [0, 0.1) is 11.6 Å². The van der Waals surface area contributed by atoms with E-state index in [1.54, 1.807) is 0 Å². The smallest absolute Gasteiger partial charge is 0.235 e. The van der Waals surface area contributed by atoms with Gasteiger partial charge in [0.1, 0.15) is 11.1 Å². The van der Waals surface area contributed by atoms with Gasteiger partial charge in [-0.1, -0.05) is 0 Å². The highest BCUT2D eigenvalue weighted by Crippen LogP contribution is 2.28. The Morgan fingerprint density at radius 3 is 2.86 bits per heavy atom. The van der Waals surface area contributed by atoms with Crippen LogP contribution >= 0.6 is 0 Å². The van der Waals surface area contributed by atoms with E-state index in [0.29, 0.717) is 23.5 Å². The molecule has 0 aliphatic carbocycles. The summed E-state index contributed by atoms with van der Waals surface area (Å²) in [5.41, 5.74) is 0.485. The Balaban J connectivity index is 2.01. The molecule has 0 radical (unpaired) electrons. The molecule has 108 valence electrons. The molecule has 1 aromatic carbocycles. The largest absolute Gasteiger partial charge is 0.438 e. The minimum absolute atomic E-state index is 0.137. The Bertz CT molecular complexity index is 789. The first-order chi connectivity index (χ1) is 10.2. The lowest BCUT2D eigenvalue weighted by atomic mass is 10.3. The van der Waals surface area contributed by atoms with Crippen molar-refractivity contribution < 1.29 is 13.5 Å². The van der Waals surface area contributed by atoms with Crippen LogP contribution in [0.1, 0.15) is 6.92 Å². The van der Waals surface area contributed by atoms with Crippen LogP contribution in [0.2, 0.25) is 0 Å². The summed E-state index contributed by atoms with van der Waals surface area (Å²) in [6.45, 7) is 2.53. The molecule has 0 atom stereocenters. The Labute approximate surface area is 118 Å². The zero-order chi connectivity index (χ0) is 14.8. The van der Waals surface area contributed by atoms with Gasteiger partial charge >= 0.3 is 0 Å². The van der Waals surface area contributed by atoms with Crippen LogP contribution in [0.25, 0.3) is 11.0 Å². The number of fused-ring (bicyclic) bond motifs is 1. The van der Waals surface area contributed by atoms with Crippen LogP contribution in [-0.2, 0) is 0 Å². The van der Waals surface area contributed by atoms with Gasteiger partial charge in [0.2, 0.25) is 11.8 Å². The average Bonchev–Trinajstić information content (AvgIpc) is 2.92. The Morgan fingerprint density at radius 2 is 2.10 bits per heavy atom. The molecule has 0 fully saturated rings. The number of hydrogen-bond acceptors (Lipinski definition) is 5. The second-order valence-corrected chi connectivity index (χ2v) is 4.19. The van der Waals surface area contributed by atoms with Gasteiger partial charge in [-0.2, -0.15) is 15.1 Å². The normalized spacial score (nSPS) is 10.8. The monoisotopic (exact) mass is 291 g/mol. The molecule has 2 aromatic heterocycles. The predicted molar refractivity (Wildman–Crippen MR) is 72.3 cm³/mol. The van der Waals surface area contributed by atoms with Gasteiger partial charge in [-0.3, -0.25) is 5.10 Å². The van der Waals surface area contributed by atoms with E-state index in [9.17, 15) is 8.78 Å². The molecule has 0 amide bonds. The second kappa shape index (κ2) is 5.31. The van der Waals surface area contributed by atoms with Gasteiger partial charge in [-0.25, -0.2) is 8.78 Å². The first-order valence-electron chi connectivity index (χ1n) is 6.25. The Kier molecular flexibility index (Phi) is 3.35. The molecule has 0 saturated heterocycles. The molecular weight excluding hydrogens is 280 g/mol. The first-order valence-corrected chi connectivity index (χ1v) is 6.25. The highest BCUT2D eigenvalue weighted by molar-refractivity contribution is 5.80. The molecule has 0 bridgehead atoms. The van der Waals surface area contributed by atoms with Crippen LogP contribution in [0.5, 0.6) is 11.6 Å². The minimum Gasteiger partial charge on any atom is -0.438 e. The second-order valence-electron chi connectivity index (χ2n) is 4.19. The molecule has 6 nitrogen and oxygen atoms in total. The zero-order valence-electron chi connectivity index (χ0n) is 11.0. The fraction of sp³-hybridized carbons (Fsp3) is 0.154. The van der Waals surface area contributed by atoms with Gasteiger partial charge < -0.3 is 10.1 Å². The van der Waals surface area contributed by atoms with E-state index in [4.69, 9.17) is 4.74 Å². The summed E-state index contributed by atoms with van der Waals surface area (Å²) < 4.78 is 31.7. The lowest BCUT2D eigenvalue weighted by Gasteiger charge is -2.08. The Morgan fingerprint density at radius 1 is 1.24 bits per heavy atom. The van der Waals surface area contributed by atoms with E-state index in [0.717, 1.165) is 12.1 Å². The van der Waals surface area contributed by atoms with E-state index >= 15 is 0 Å². The topological polar surface area (TPSA) is 75.7 Å². The minimum atomic E-state index is -0.989.